The SMILES string of the molecule is O=C(NCCCn1ccnn1)c1scc2c1CCCC2. The van der Waals surface area contributed by atoms with E-state index in [0.29, 0.717) is 6.54 Å². The number of hydrogen-bond acceptors (Lipinski definition) is 4. The highest BCUT2D eigenvalue weighted by molar-refractivity contribution is 7.12. The van der Waals surface area contributed by atoms with Crippen molar-refractivity contribution in [3.05, 3.63) is 33.8 Å². The van der Waals surface area contributed by atoms with Crippen LogP contribution in [-0.2, 0) is 19.4 Å². The van der Waals surface area contributed by atoms with Gasteiger partial charge >= 0.3 is 0 Å². The molecule has 0 spiro atoms. The summed E-state index contributed by atoms with van der Waals surface area (Å²) >= 11 is 1.59. The highest BCUT2D eigenvalue weighted by atomic mass is 32.1. The van der Waals surface area contributed by atoms with E-state index in [1.807, 2.05) is 6.20 Å². The number of aromatic nitrogens is 3. The molecule has 0 fully saturated rings. The quantitative estimate of drug-likeness (QED) is 0.857. The Balaban J connectivity index is 1.50. The van der Waals surface area contributed by atoms with Gasteiger partial charge < -0.3 is 5.32 Å². The van der Waals surface area contributed by atoms with Crippen LogP contribution in [0, 0.1) is 0 Å². The van der Waals surface area contributed by atoms with Gasteiger partial charge in [-0.1, -0.05) is 5.21 Å². The molecule has 6 heteroatoms. The Hall–Kier alpha value is -1.69. The van der Waals surface area contributed by atoms with Gasteiger partial charge in [-0.3, -0.25) is 9.48 Å². The van der Waals surface area contributed by atoms with Crippen LogP contribution in [0.25, 0.3) is 0 Å². The molecule has 0 saturated heterocycles. The molecule has 0 bridgehead atoms. The molecule has 2 aromatic rings. The van der Waals surface area contributed by atoms with Crippen LogP contribution in [0.15, 0.2) is 17.8 Å². The molecule has 1 aliphatic rings. The number of fused-ring (bicyclic) bond motifs is 1. The zero-order valence-electron chi connectivity index (χ0n) is 11.3. The number of thiophene rings is 1. The predicted molar refractivity (Wildman–Crippen MR) is 77.9 cm³/mol. The maximum Gasteiger partial charge on any atom is 0.261 e. The Morgan fingerprint density at radius 2 is 2.30 bits per heavy atom. The van der Waals surface area contributed by atoms with E-state index in [-0.39, 0.29) is 5.91 Å². The Morgan fingerprint density at radius 3 is 3.15 bits per heavy atom. The van der Waals surface area contributed by atoms with Crippen molar-refractivity contribution >= 4 is 17.2 Å². The van der Waals surface area contributed by atoms with Gasteiger partial charge in [0.1, 0.15) is 0 Å². The summed E-state index contributed by atoms with van der Waals surface area (Å²) in [6.45, 7) is 1.45. The zero-order chi connectivity index (χ0) is 13.8. The topological polar surface area (TPSA) is 59.8 Å². The Kier molecular flexibility index (Phi) is 4.11. The first-order valence-electron chi connectivity index (χ1n) is 7.06. The molecule has 3 rings (SSSR count). The maximum atomic E-state index is 12.2. The van der Waals surface area contributed by atoms with Gasteiger partial charge in [0.05, 0.1) is 11.1 Å². The molecular formula is C14H18N4OS. The van der Waals surface area contributed by atoms with Gasteiger partial charge in [-0.05, 0) is 48.6 Å². The Labute approximate surface area is 122 Å². The maximum absolute atomic E-state index is 12.2. The second kappa shape index (κ2) is 6.17. The van der Waals surface area contributed by atoms with Crippen LogP contribution < -0.4 is 5.32 Å². The van der Waals surface area contributed by atoms with Crippen molar-refractivity contribution in [1.82, 2.24) is 20.3 Å². The number of nitrogens with one attached hydrogen (secondary N) is 1. The van der Waals surface area contributed by atoms with Crippen molar-refractivity contribution in [1.29, 1.82) is 0 Å². The largest absolute Gasteiger partial charge is 0.351 e. The van der Waals surface area contributed by atoms with Crippen molar-refractivity contribution < 1.29 is 4.79 Å². The van der Waals surface area contributed by atoms with Crippen LogP contribution >= 0.6 is 11.3 Å². The van der Waals surface area contributed by atoms with Gasteiger partial charge in [-0.2, -0.15) is 0 Å². The lowest BCUT2D eigenvalue weighted by molar-refractivity contribution is 0.0955. The van der Waals surface area contributed by atoms with Gasteiger partial charge in [-0.15, -0.1) is 16.4 Å². The highest BCUT2D eigenvalue weighted by Gasteiger charge is 2.19. The fourth-order valence-corrected chi connectivity index (χ4v) is 3.66. The zero-order valence-corrected chi connectivity index (χ0v) is 12.2. The van der Waals surface area contributed by atoms with E-state index >= 15 is 0 Å². The van der Waals surface area contributed by atoms with Crippen molar-refractivity contribution in [3.8, 4) is 0 Å². The average molecular weight is 290 g/mol. The van der Waals surface area contributed by atoms with E-state index < -0.39 is 0 Å². The molecule has 1 aliphatic carbocycles. The van der Waals surface area contributed by atoms with Crippen LogP contribution in [0.3, 0.4) is 0 Å². The Morgan fingerprint density at radius 1 is 1.40 bits per heavy atom. The summed E-state index contributed by atoms with van der Waals surface area (Å²) in [6, 6.07) is 0. The number of carbonyl (C=O) groups excluding carboxylic acids is 1. The summed E-state index contributed by atoms with van der Waals surface area (Å²) in [7, 11) is 0. The van der Waals surface area contributed by atoms with Crippen molar-refractivity contribution in [2.45, 2.75) is 38.6 Å². The van der Waals surface area contributed by atoms with E-state index in [4.69, 9.17) is 0 Å². The number of carbonyl (C=O) groups is 1. The smallest absolute Gasteiger partial charge is 0.261 e. The summed E-state index contributed by atoms with van der Waals surface area (Å²) in [6.07, 6.45) is 9.00. The molecule has 0 saturated carbocycles. The first-order valence-corrected chi connectivity index (χ1v) is 7.94. The van der Waals surface area contributed by atoms with Crippen LogP contribution in [0.1, 0.15) is 40.1 Å². The fourth-order valence-electron chi connectivity index (χ4n) is 2.59. The number of amides is 1. The second-order valence-electron chi connectivity index (χ2n) is 5.05. The van der Waals surface area contributed by atoms with Crippen LogP contribution in [0.4, 0.5) is 0 Å². The minimum atomic E-state index is 0.0803. The first kappa shape index (κ1) is 13.3. The standard InChI is InChI=1S/C14H18N4OS/c19-14(15-6-3-8-18-9-7-16-17-18)13-12-5-2-1-4-11(12)10-20-13/h7,9-10H,1-6,8H2,(H,15,19). The van der Waals surface area contributed by atoms with Crippen LogP contribution in [0.5, 0.6) is 0 Å². The van der Waals surface area contributed by atoms with Gasteiger partial charge in [0.2, 0.25) is 0 Å². The molecule has 1 N–H and O–H groups in total. The lowest BCUT2D eigenvalue weighted by Gasteiger charge is -2.12. The molecule has 0 aromatic carbocycles. The molecule has 0 radical (unpaired) electrons. The van der Waals surface area contributed by atoms with Gasteiger partial charge in [0.15, 0.2) is 0 Å². The summed E-state index contributed by atoms with van der Waals surface area (Å²) < 4.78 is 1.78. The van der Waals surface area contributed by atoms with Crippen LogP contribution in [-0.4, -0.2) is 27.4 Å². The molecule has 1 amide bonds. The second-order valence-corrected chi connectivity index (χ2v) is 5.93. The third kappa shape index (κ3) is 2.90. The lowest BCUT2D eigenvalue weighted by Crippen LogP contribution is -2.25. The third-order valence-corrected chi connectivity index (χ3v) is 4.70. The number of rotatable bonds is 5. The minimum absolute atomic E-state index is 0.0803. The van der Waals surface area contributed by atoms with E-state index in [0.717, 1.165) is 30.7 Å². The Bertz CT molecular complexity index is 576. The molecule has 2 aromatic heterocycles. The lowest BCUT2D eigenvalue weighted by atomic mass is 9.94. The normalized spacial score (nSPS) is 14.0. The average Bonchev–Trinajstić information content (AvgIpc) is 3.12. The van der Waals surface area contributed by atoms with E-state index in [1.165, 1.54) is 24.0 Å². The molecule has 0 unspecified atom stereocenters. The van der Waals surface area contributed by atoms with Crippen molar-refractivity contribution in [2.75, 3.05) is 6.54 Å². The van der Waals surface area contributed by atoms with Gasteiger partial charge in [-0.25, -0.2) is 0 Å². The van der Waals surface area contributed by atoms with Gasteiger partial charge in [0.25, 0.3) is 5.91 Å². The molecule has 2 heterocycles. The molecule has 0 aliphatic heterocycles. The fraction of sp³-hybridized carbons (Fsp3) is 0.500. The molecule has 0 atom stereocenters. The molecule has 106 valence electrons. The first-order chi connectivity index (χ1) is 9.84. The van der Waals surface area contributed by atoms with Crippen molar-refractivity contribution in [3.63, 3.8) is 0 Å². The molecule has 5 nitrogen and oxygen atoms in total. The number of nitrogens with zero attached hydrogens (tertiary/aromatic N) is 3. The van der Waals surface area contributed by atoms with Crippen LogP contribution in [0.2, 0.25) is 0 Å². The minimum Gasteiger partial charge on any atom is -0.351 e. The number of aryl methyl sites for hydroxylation is 2. The predicted octanol–water partition coefficient (Wildman–Crippen LogP) is 2.04. The third-order valence-electron chi connectivity index (χ3n) is 3.63. The highest BCUT2D eigenvalue weighted by Crippen LogP contribution is 2.29. The number of hydrogen-bond donors (Lipinski definition) is 1. The molecular weight excluding hydrogens is 272 g/mol. The summed E-state index contributed by atoms with van der Waals surface area (Å²) in [5.74, 6) is 0.0803. The van der Waals surface area contributed by atoms with E-state index in [9.17, 15) is 4.79 Å². The van der Waals surface area contributed by atoms with Gasteiger partial charge in [0, 0.05) is 19.3 Å². The molecule has 20 heavy (non-hydrogen) atoms. The summed E-state index contributed by atoms with van der Waals surface area (Å²) in [5.41, 5.74) is 2.67. The van der Waals surface area contributed by atoms with E-state index in [2.05, 4.69) is 21.0 Å². The monoisotopic (exact) mass is 290 g/mol. The summed E-state index contributed by atoms with van der Waals surface area (Å²) in [5, 5.41) is 12.8. The summed E-state index contributed by atoms with van der Waals surface area (Å²) in [4.78, 5) is 13.1. The van der Waals surface area contributed by atoms with E-state index in [1.54, 1.807) is 22.2 Å². The van der Waals surface area contributed by atoms with Crippen molar-refractivity contribution in [2.24, 2.45) is 0 Å².